The predicted molar refractivity (Wildman–Crippen MR) is 59.3 cm³/mol. The Morgan fingerprint density at radius 3 is 2.64 bits per heavy atom. The third kappa shape index (κ3) is 8.01. The van der Waals surface area contributed by atoms with Crippen molar-refractivity contribution in [2.24, 2.45) is 0 Å². The van der Waals surface area contributed by atoms with Crippen LogP contribution in [0.2, 0.25) is 0 Å². The molecule has 0 radical (unpaired) electrons. The largest absolute Gasteiger partial charge is 0.359 e. The Morgan fingerprint density at radius 1 is 1.36 bits per heavy atom. The quantitative estimate of drug-likeness (QED) is 0.546. The number of nitrogens with zero attached hydrogens (tertiary/aromatic N) is 1. The summed E-state index contributed by atoms with van der Waals surface area (Å²) in [6, 6.07) is 0. The van der Waals surface area contributed by atoms with E-state index in [9.17, 15) is 4.79 Å². The third-order valence-electron chi connectivity index (χ3n) is 2.25. The van der Waals surface area contributed by atoms with Crippen molar-refractivity contribution in [1.82, 2.24) is 15.5 Å². The molecule has 0 atom stereocenters. The van der Waals surface area contributed by atoms with Crippen molar-refractivity contribution >= 4 is 5.91 Å². The molecule has 0 aromatic heterocycles. The second-order valence-corrected chi connectivity index (χ2v) is 3.42. The van der Waals surface area contributed by atoms with Crippen LogP contribution in [-0.4, -0.2) is 51.1 Å². The van der Waals surface area contributed by atoms with Crippen LogP contribution < -0.4 is 10.6 Å². The van der Waals surface area contributed by atoms with Gasteiger partial charge in [-0.15, -0.1) is 0 Å². The van der Waals surface area contributed by atoms with Crippen molar-refractivity contribution < 1.29 is 4.79 Å². The van der Waals surface area contributed by atoms with Gasteiger partial charge in [-0.1, -0.05) is 6.92 Å². The fraction of sp³-hybridized carbons (Fsp3) is 0.900. The van der Waals surface area contributed by atoms with Crippen molar-refractivity contribution in [1.29, 1.82) is 0 Å². The second-order valence-electron chi connectivity index (χ2n) is 3.42. The van der Waals surface area contributed by atoms with E-state index in [0.717, 1.165) is 32.6 Å². The van der Waals surface area contributed by atoms with E-state index in [4.69, 9.17) is 0 Å². The van der Waals surface area contributed by atoms with Crippen LogP contribution in [-0.2, 0) is 4.79 Å². The summed E-state index contributed by atoms with van der Waals surface area (Å²) >= 11 is 0. The fourth-order valence-corrected chi connectivity index (χ4v) is 1.05. The van der Waals surface area contributed by atoms with Crippen LogP contribution in [0.25, 0.3) is 0 Å². The van der Waals surface area contributed by atoms with Crippen LogP contribution in [0.5, 0.6) is 0 Å². The molecule has 0 rings (SSSR count). The molecule has 0 aromatic carbocycles. The summed E-state index contributed by atoms with van der Waals surface area (Å²) in [6.45, 7) is 6.21. The maximum atomic E-state index is 10.9. The number of carbonyl (C=O) groups is 1. The molecule has 0 bridgehead atoms. The molecular weight excluding hydrogens is 178 g/mol. The second kappa shape index (κ2) is 8.97. The zero-order valence-corrected chi connectivity index (χ0v) is 9.60. The Balaban J connectivity index is 3.10. The molecule has 0 aromatic rings. The molecule has 0 saturated carbocycles. The van der Waals surface area contributed by atoms with Gasteiger partial charge in [-0.05, 0) is 26.6 Å². The molecule has 1 amide bonds. The van der Waals surface area contributed by atoms with Crippen LogP contribution in [0.3, 0.4) is 0 Å². The topological polar surface area (TPSA) is 44.4 Å². The van der Waals surface area contributed by atoms with E-state index in [1.54, 1.807) is 7.05 Å². The Kier molecular flexibility index (Phi) is 8.57. The molecule has 0 aliphatic heterocycles. The number of hydrogen-bond acceptors (Lipinski definition) is 3. The predicted octanol–water partition coefficient (Wildman–Crippen LogP) is 0.0539. The minimum absolute atomic E-state index is 0.123. The van der Waals surface area contributed by atoms with Gasteiger partial charge in [0, 0.05) is 26.6 Å². The molecule has 0 saturated heterocycles. The van der Waals surface area contributed by atoms with Gasteiger partial charge in [0.2, 0.25) is 5.91 Å². The van der Waals surface area contributed by atoms with Crippen LogP contribution >= 0.6 is 0 Å². The van der Waals surface area contributed by atoms with E-state index >= 15 is 0 Å². The molecule has 14 heavy (non-hydrogen) atoms. The Morgan fingerprint density at radius 2 is 2.07 bits per heavy atom. The van der Waals surface area contributed by atoms with E-state index in [1.807, 2.05) is 0 Å². The Labute approximate surface area is 87.0 Å². The van der Waals surface area contributed by atoms with E-state index in [-0.39, 0.29) is 5.91 Å². The lowest BCUT2D eigenvalue weighted by atomic mass is 10.3. The van der Waals surface area contributed by atoms with Gasteiger partial charge in [-0.3, -0.25) is 4.79 Å². The van der Waals surface area contributed by atoms with Gasteiger partial charge in [0.15, 0.2) is 0 Å². The number of rotatable bonds is 8. The molecule has 2 N–H and O–H groups in total. The smallest absolute Gasteiger partial charge is 0.219 e. The molecule has 4 nitrogen and oxygen atoms in total. The van der Waals surface area contributed by atoms with Gasteiger partial charge in [0.25, 0.3) is 0 Å². The average Bonchev–Trinajstić information content (AvgIpc) is 2.22. The lowest BCUT2D eigenvalue weighted by Crippen LogP contribution is -2.30. The first-order valence-corrected chi connectivity index (χ1v) is 5.30. The summed E-state index contributed by atoms with van der Waals surface area (Å²) in [7, 11) is 3.78. The summed E-state index contributed by atoms with van der Waals surface area (Å²) < 4.78 is 0. The summed E-state index contributed by atoms with van der Waals surface area (Å²) in [6.07, 6.45) is 1.53. The van der Waals surface area contributed by atoms with E-state index in [2.05, 4.69) is 29.5 Å². The van der Waals surface area contributed by atoms with Crippen LogP contribution in [0, 0.1) is 0 Å². The minimum Gasteiger partial charge on any atom is -0.359 e. The van der Waals surface area contributed by atoms with Crippen molar-refractivity contribution in [3.63, 3.8) is 0 Å². The number of nitrogens with one attached hydrogen (secondary N) is 2. The molecule has 4 heteroatoms. The monoisotopic (exact) mass is 201 g/mol. The molecule has 0 aliphatic rings. The number of carbonyl (C=O) groups excluding carboxylic acids is 1. The first kappa shape index (κ1) is 13.4. The highest BCUT2D eigenvalue weighted by Crippen LogP contribution is 1.86. The standard InChI is InChI=1S/C10H23N3O/c1-4-13(3)9-8-12-7-5-6-10(14)11-2/h12H,4-9H2,1-3H3,(H,11,14). The maximum absolute atomic E-state index is 10.9. The summed E-state index contributed by atoms with van der Waals surface area (Å²) in [5.41, 5.74) is 0. The molecule has 84 valence electrons. The van der Waals surface area contributed by atoms with Crippen LogP contribution in [0.4, 0.5) is 0 Å². The van der Waals surface area contributed by atoms with Gasteiger partial charge in [-0.25, -0.2) is 0 Å². The van der Waals surface area contributed by atoms with E-state index in [0.29, 0.717) is 6.42 Å². The Bertz CT molecular complexity index is 150. The molecule has 0 unspecified atom stereocenters. The van der Waals surface area contributed by atoms with Gasteiger partial charge in [0.05, 0.1) is 0 Å². The van der Waals surface area contributed by atoms with Crippen molar-refractivity contribution in [2.75, 3.05) is 40.3 Å². The Hall–Kier alpha value is -0.610. The summed E-state index contributed by atoms with van der Waals surface area (Å²) in [4.78, 5) is 13.1. The fourth-order valence-electron chi connectivity index (χ4n) is 1.05. The lowest BCUT2D eigenvalue weighted by molar-refractivity contribution is -0.120. The minimum atomic E-state index is 0.123. The third-order valence-corrected chi connectivity index (χ3v) is 2.25. The highest BCUT2D eigenvalue weighted by molar-refractivity contribution is 5.75. The van der Waals surface area contributed by atoms with Crippen LogP contribution in [0.15, 0.2) is 0 Å². The number of amides is 1. The summed E-state index contributed by atoms with van der Waals surface area (Å²) in [5.74, 6) is 0.123. The molecule has 0 spiro atoms. The first-order chi connectivity index (χ1) is 6.70. The maximum Gasteiger partial charge on any atom is 0.219 e. The van der Waals surface area contributed by atoms with Crippen molar-refractivity contribution in [3.8, 4) is 0 Å². The molecule has 0 fully saturated rings. The average molecular weight is 201 g/mol. The number of likely N-dealkylation sites (N-methyl/N-ethyl adjacent to an activating group) is 1. The van der Waals surface area contributed by atoms with Gasteiger partial charge < -0.3 is 15.5 Å². The molecular formula is C10H23N3O. The SMILES string of the molecule is CCN(C)CCNCCCC(=O)NC. The molecule has 0 aliphatic carbocycles. The zero-order valence-electron chi connectivity index (χ0n) is 9.60. The lowest BCUT2D eigenvalue weighted by Gasteiger charge is -2.13. The summed E-state index contributed by atoms with van der Waals surface area (Å²) in [5, 5.41) is 5.92. The van der Waals surface area contributed by atoms with E-state index in [1.165, 1.54) is 0 Å². The van der Waals surface area contributed by atoms with Crippen LogP contribution in [0.1, 0.15) is 19.8 Å². The van der Waals surface area contributed by atoms with Crippen molar-refractivity contribution in [3.05, 3.63) is 0 Å². The normalized spacial score (nSPS) is 10.6. The first-order valence-electron chi connectivity index (χ1n) is 5.30. The van der Waals surface area contributed by atoms with Gasteiger partial charge in [0.1, 0.15) is 0 Å². The highest BCUT2D eigenvalue weighted by atomic mass is 16.1. The van der Waals surface area contributed by atoms with Gasteiger partial charge in [-0.2, -0.15) is 0 Å². The van der Waals surface area contributed by atoms with Crippen molar-refractivity contribution in [2.45, 2.75) is 19.8 Å². The van der Waals surface area contributed by atoms with E-state index < -0.39 is 0 Å². The highest BCUT2D eigenvalue weighted by Gasteiger charge is 1.97. The van der Waals surface area contributed by atoms with Gasteiger partial charge >= 0.3 is 0 Å². The molecule has 0 heterocycles. The number of hydrogen-bond donors (Lipinski definition) is 2. The zero-order chi connectivity index (χ0) is 10.8.